The van der Waals surface area contributed by atoms with Crippen LogP contribution in [0.3, 0.4) is 0 Å². The molecule has 2 aromatic heterocycles. The number of thioether (sulfide) groups is 1. The van der Waals surface area contributed by atoms with Crippen molar-refractivity contribution in [3.05, 3.63) is 28.7 Å². The Morgan fingerprint density at radius 3 is 2.74 bits per heavy atom. The van der Waals surface area contributed by atoms with E-state index in [2.05, 4.69) is 10.2 Å². The lowest BCUT2D eigenvalue weighted by atomic mass is 10.2. The molecule has 0 fully saturated rings. The molecule has 2 aromatic rings. The van der Waals surface area contributed by atoms with Crippen LogP contribution in [0, 0.1) is 0 Å². The second-order valence-corrected chi connectivity index (χ2v) is 4.93. The molecule has 8 heteroatoms. The molecule has 0 aliphatic rings. The van der Waals surface area contributed by atoms with Gasteiger partial charge in [0.25, 0.3) is 0 Å². The maximum atomic E-state index is 11.3. The number of amides is 1. The predicted molar refractivity (Wildman–Crippen MR) is 71.6 cm³/mol. The summed E-state index contributed by atoms with van der Waals surface area (Å²) in [5.41, 5.74) is 5.78. The fraction of sp³-hybridized carbons (Fsp3) is 0.273. The van der Waals surface area contributed by atoms with E-state index < -0.39 is 5.91 Å². The number of aromatic nitrogens is 4. The highest BCUT2D eigenvalue weighted by Gasteiger charge is 2.12. The zero-order valence-corrected chi connectivity index (χ0v) is 11.3. The lowest BCUT2D eigenvalue weighted by Gasteiger charge is -2.04. The Kier molecular flexibility index (Phi) is 3.70. The number of rotatable bonds is 4. The number of nitrogens with zero attached hydrogens (tertiary/aromatic N) is 4. The molecule has 0 aliphatic carbocycles. The molecule has 19 heavy (non-hydrogen) atoms. The quantitative estimate of drug-likeness (QED) is 0.779. The summed E-state index contributed by atoms with van der Waals surface area (Å²) in [6.07, 6.45) is 1.69. The van der Waals surface area contributed by atoms with Crippen molar-refractivity contribution in [2.45, 2.75) is 5.16 Å². The maximum absolute atomic E-state index is 11.3. The minimum atomic E-state index is -0.406. The van der Waals surface area contributed by atoms with Gasteiger partial charge in [-0.3, -0.25) is 9.59 Å². The molecular formula is C11H13N5O2S. The van der Waals surface area contributed by atoms with Gasteiger partial charge in [-0.15, -0.1) is 10.2 Å². The monoisotopic (exact) mass is 279 g/mol. The molecule has 0 unspecified atom stereocenters. The van der Waals surface area contributed by atoms with Gasteiger partial charge in [0, 0.05) is 31.9 Å². The molecule has 0 aromatic carbocycles. The molecule has 7 nitrogen and oxygen atoms in total. The number of nitrogens with two attached hydrogens (primary N) is 1. The molecule has 0 bridgehead atoms. The van der Waals surface area contributed by atoms with Gasteiger partial charge in [-0.25, -0.2) is 0 Å². The molecule has 0 atom stereocenters. The number of hydrogen-bond donors (Lipinski definition) is 1. The summed E-state index contributed by atoms with van der Waals surface area (Å²) >= 11 is 1.22. The second kappa shape index (κ2) is 5.27. The minimum Gasteiger partial charge on any atom is -0.369 e. The third-order valence-corrected chi connectivity index (χ3v) is 3.57. The van der Waals surface area contributed by atoms with E-state index in [0.717, 1.165) is 5.56 Å². The highest BCUT2D eigenvalue weighted by molar-refractivity contribution is 7.99. The molecule has 0 radical (unpaired) electrons. The second-order valence-electron chi connectivity index (χ2n) is 3.99. The first-order valence-electron chi connectivity index (χ1n) is 5.46. The smallest absolute Gasteiger partial charge is 0.250 e. The van der Waals surface area contributed by atoms with E-state index in [9.17, 15) is 9.59 Å². The van der Waals surface area contributed by atoms with Crippen molar-refractivity contribution >= 4 is 17.7 Å². The van der Waals surface area contributed by atoms with Crippen LogP contribution in [0.15, 0.2) is 28.3 Å². The molecule has 0 aliphatic heterocycles. The van der Waals surface area contributed by atoms with Gasteiger partial charge in [-0.05, 0) is 6.07 Å². The van der Waals surface area contributed by atoms with Crippen molar-refractivity contribution in [2.24, 2.45) is 19.8 Å². The van der Waals surface area contributed by atoms with Gasteiger partial charge >= 0.3 is 0 Å². The number of carbonyl (C=O) groups excluding carboxylic acids is 1. The van der Waals surface area contributed by atoms with Crippen molar-refractivity contribution in [3.63, 3.8) is 0 Å². The molecule has 2 N–H and O–H groups in total. The van der Waals surface area contributed by atoms with Crippen LogP contribution in [-0.2, 0) is 18.9 Å². The third kappa shape index (κ3) is 2.84. The predicted octanol–water partition coefficient (Wildman–Crippen LogP) is -0.242. The molecule has 100 valence electrons. The fourth-order valence-corrected chi connectivity index (χ4v) is 2.20. The van der Waals surface area contributed by atoms with Gasteiger partial charge in [-0.1, -0.05) is 11.8 Å². The Labute approximate surface area is 113 Å². The molecule has 0 saturated heterocycles. The normalized spacial score (nSPS) is 10.6. The van der Waals surface area contributed by atoms with Crippen molar-refractivity contribution < 1.29 is 4.79 Å². The zero-order chi connectivity index (χ0) is 14.0. The molecule has 2 heterocycles. The molecular weight excluding hydrogens is 266 g/mol. The molecule has 1 amide bonds. The average Bonchev–Trinajstić information content (AvgIpc) is 2.72. The Morgan fingerprint density at radius 2 is 2.11 bits per heavy atom. The van der Waals surface area contributed by atoms with E-state index in [1.807, 2.05) is 0 Å². The van der Waals surface area contributed by atoms with Crippen LogP contribution >= 0.6 is 11.8 Å². The van der Waals surface area contributed by atoms with Crippen LogP contribution in [-0.4, -0.2) is 31.0 Å². The highest BCUT2D eigenvalue weighted by Crippen LogP contribution is 2.21. The third-order valence-electron chi connectivity index (χ3n) is 2.52. The van der Waals surface area contributed by atoms with E-state index in [-0.39, 0.29) is 11.3 Å². The van der Waals surface area contributed by atoms with Gasteiger partial charge in [0.05, 0.1) is 5.75 Å². The standard InChI is InChI=1S/C11H13N5O2S/c1-15-5-7(3-4-9(15)18)10-13-14-11(16(10)2)19-6-8(12)17/h3-5H,6H2,1-2H3,(H2,12,17). The summed E-state index contributed by atoms with van der Waals surface area (Å²) in [4.78, 5) is 22.1. The highest BCUT2D eigenvalue weighted by atomic mass is 32.2. The molecule has 0 saturated carbocycles. The summed E-state index contributed by atoms with van der Waals surface area (Å²) in [5, 5.41) is 8.66. The number of carbonyl (C=O) groups is 1. The Morgan fingerprint density at radius 1 is 1.37 bits per heavy atom. The largest absolute Gasteiger partial charge is 0.369 e. The summed E-state index contributed by atoms with van der Waals surface area (Å²) in [6, 6.07) is 3.16. The van der Waals surface area contributed by atoms with Crippen LogP contribution in [0.1, 0.15) is 0 Å². The topological polar surface area (TPSA) is 95.8 Å². The zero-order valence-electron chi connectivity index (χ0n) is 10.5. The van der Waals surface area contributed by atoms with Gasteiger partial charge in [0.1, 0.15) is 0 Å². The van der Waals surface area contributed by atoms with Crippen molar-refractivity contribution in [2.75, 3.05) is 5.75 Å². The average molecular weight is 279 g/mol. The summed E-state index contributed by atoms with van der Waals surface area (Å²) in [6.45, 7) is 0. The van der Waals surface area contributed by atoms with Crippen LogP contribution in [0.4, 0.5) is 0 Å². The van der Waals surface area contributed by atoms with Gasteiger partial charge < -0.3 is 14.9 Å². The number of primary amides is 1. The molecule has 0 spiro atoms. The summed E-state index contributed by atoms with van der Waals surface area (Å²) in [5.74, 6) is 0.374. The number of hydrogen-bond acceptors (Lipinski definition) is 5. The van der Waals surface area contributed by atoms with E-state index in [4.69, 9.17) is 5.73 Å². The van der Waals surface area contributed by atoms with Crippen molar-refractivity contribution in [1.29, 1.82) is 0 Å². The number of pyridine rings is 1. The fourth-order valence-electron chi connectivity index (χ4n) is 1.55. The number of aryl methyl sites for hydroxylation is 1. The van der Waals surface area contributed by atoms with E-state index in [0.29, 0.717) is 11.0 Å². The lowest BCUT2D eigenvalue weighted by Crippen LogP contribution is -2.14. The van der Waals surface area contributed by atoms with Crippen LogP contribution < -0.4 is 11.3 Å². The van der Waals surface area contributed by atoms with E-state index >= 15 is 0 Å². The van der Waals surface area contributed by atoms with Crippen LogP contribution in [0.5, 0.6) is 0 Å². The Hall–Kier alpha value is -2.09. The van der Waals surface area contributed by atoms with Gasteiger partial charge in [-0.2, -0.15) is 0 Å². The van der Waals surface area contributed by atoms with Crippen LogP contribution in [0.25, 0.3) is 11.4 Å². The first-order valence-corrected chi connectivity index (χ1v) is 6.45. The maximum Gasteiger partial charge on any atom is 0.250 e. The van der Waals surface area contributed by atoms with Gasteiger partial charge in [0.2, 0.25) is 11.5 Å². The first kappa shape index (κ1) is 13.3. The van der Waals surface area contributed by atoms with E-state index in [1.165, 1.54) is 22.4 Å². The van der Waals surface area contributed by atoms with Gasteiger partial charge in [0.15, 0.2) is 11.0 Å². The summed E-state index contributed by atoms with van der Waals surface area (Å²) in [7, 11) is 3.47. The Bertz CT molecular complexity index is 676. The molecule has 2 rings (SSSR count). The lowest BCUT2D eigenvalue weighted by molar-refractivity contribution is -0.115. The van der Waals surface area contributed by atoms with Crippen molar-refractivity contribution in [3.8, 4) is 11.4 Å². The minimum absolute atomic E-state index is 0.0887. The summed E-state index contributed by atoms with van der Waals surface area (Å²) < 4.78 is 3.23. The van der Waals surface area contributed by atoms with Crippen LogP contribution in [0.2, 0.25) is 0 Å². The van der Waals surface area contributed by atoms with E-state index in [1.54, 1.807) is 30.9 Å². The Balaban J connectivity index is 2.33. The first-order chi connectivity index (χ1) is 8.99. The van der Waals surface area contributed by atoms with Crippen molar-refractivity contribution in [1.82, 2.24) is 19.3 Å². The SMILES string of the molecule is Cn1c(SCC(N)=O)nnc1-c1ccc(=O)n(C)c1.